The number of nitrogens with one attached hydrogen (secondary N) is 2. The molecule has 0 amide bonds. The first kappa shape index (κ1) is 9.21. The molecule has 2 heterocycles. The largest absolute Gasteiger partial charge is 0.375 e. The lowest BCUT2D eigenvalue weighted by atomic mass is 10.3. The zero-order valence-electron chi connectivity index (χ0n) is 7.94. The maximum Gasteiger partial charge on any atom is 0.163 e. The average molecular weight is 199 g/mol. The molecule has 2 aromatic heterocycles. The molecule has 0 radical (unpaired) electrons. The molecular formula is C10H9N5. The van der Waals surface area contributed by atoms with Crippen molar-refractivity contribution in [3.63, 3.8) is 0 Å². The molecule has 2 aromatic rings. The van der Waals surface area contributed by atoms with Crippen molar-refractivity contribution in [2.24, 2.45) is 0 Å². The second-order valence-corrected chi connectivity index (χ2v) is 2.90. The van der Waals surface area contributed by atoms with Gasteiger partial charge in [-0.3, -0.25) is 0 Å². The molecule has 0 aliphatic carbocycles. The van der Waals surface area contributed by atoms with E-state index in [-0.39, 0.29) is 0 Å². The molecule has 5 nitrogen and oxygen atoms in total. The molecule has 15 heavy (non-hydrogen) atoms. The van der Waals surface area contributed by atoms with E-state index < -0.39 is 0 Å². The van der Waals surface area contributed by atoms with Crippen LogP contribution in [0.2, 0.25) is 0 Å². The summed E-state index contributed by atoms with van der Waals surface area (Å²) in [5.74, 6) is 0.822. The second kappa shape index (κ2) is 4.24. The van der Waals surface area contributed by atoms with Gasteiger partial charge in [-0.1, -0.05) is 0 Å². The fraction of sp³-hybridized carbons (Fsp3) is 0.100. The normalized spacial score (nSPS) is 9.53. The van der Waals surface area contributed by atoms with Gasteiger partial charge in [-0.25, -0.2) is 9.97 Å². The number of pyridine rings is 1. The van der Waals surface area contributed by atoms with Crippen LogP contribution < -0.4 is 5.32 Å². The van der Waals surface area contributed by atoms with Gasteiger partial charge in [0, 0.05) is 18.6 Å². The van der Waals surface area contributed by atoms with Crippen LogP contribution in [0.5, 0.6) is 0 Å². The van der Waals surface area contributed by atoms with Crippen molar-refractivity contribution < 1.29 is 0 Å². The Morgan fingerprint density at radius 3 is 3.07 bits per heavy atom. The van der Waals surface area contributed by atoms with Crippen LogP contribution in [0.1, 0.15) is 11.5 Å². The number of nitrogens with zero attached hydrogens (tertiary/aromatic N) is 3. The molecule has 0 unspecified atom stereocenters. The fourth-order valence-electron chi connectivity index (χ4n) is 1.21. The Balaban J connectivity index is 2.08. The van der Waals surface area contributed by atoms with E-state index in [4.69, 9.17) is 5.26 Å². The number of hydrogen-bond donors (Lipinski definition) is 2. The Hall–Kier alpha value is -2.35. The minimum Gasteiger partial charge on any atom is -0.375 e. The van der Waals surface area contributed by atoms with Crippen molar-refractivity contribution in [1.82, 2.24) is 15.0 Å². The molecule has 74 valence electrons. The Bertz CT molecular complexity index is 469. The second-order valence-electron chi connectivity index (χ2n) is 2.90. The van der Waals surface area contributed by atoms with Crippen LogP contribution in [0.4, 0.5) is 5.69 Å². The van der Waals surface area contributed by atoms with Crippen molar-refractivity contribution in [2.75, 3.05) is 5.32 Å². The maximum atomic E-state index is 8.80. The summed E-state index contributed by atoms with van der Waals surface area (Å²) in [5.41, 5.74) is 1.11. The van der Waals surface area contributed by atoms with E-state index in [0.717, 1.165) is 11.5 Å². The van der Waals surface area contributed by atoms with E-state index in [1.165, 1.54) is 0 Å². The van der Waals surface area contributed by atoms with Crippen LogP contribution in [0, 0.1) is 11.3 Å². The van der Waals surface area contributed by atoms with E-state index in [1.807, 2.05) is 12.1 Å². The van der Waals surface area contributed by atoms with Gasteiger partial charge in [-0.2, -0.15) is 5.26 Å². The molecule has 0 bridgehead atoms. The average Bonchev–Trinajstić information content (AvgIpc) is 2.79. The van der Waals surface area contributed by atoms with Crippen LogP contribution in [-0.4, -0.2) is 15.0 Å². The molecule has 2 rings (SSSR count). The highest BCUT2D eigenvalue weighted by Crippen LogP contribution is 2.11. The number of aromatic nitrogens is 3. The first-order valence-electron chi connectivity index (χ1n) is 4.47. The smallest absolute Gasteiger partial charge is 0.163 e. The Kier molecular flexibility index (Phi) is 2.61. The predicted octanol–water partition coefficient (Wildman–Crippen LogP) is 1.29. The van der Waals surface area contributed by atoms with Gasteiger partial charge >= 0.3 is 0 Å². The minimum atomic E-state index is 0.393. The molecule has 0 aliphatic rings. The Labute approximate surface area is 86.8 Å². The van der Waals surface area contributed by atoms with E-state index in [1.54, 1.807) is 24.7 Å². The molecule has 5 heteroatoms. The monoisotopic (exact) mass is 199 g/mol. The lowest BCUT2D eigenvalue weighted by Gasteiger charge is -2.04. The standard InChI is InChI=1S/C10H9N5/c11-6-9-8(2-1-3-12-9)15-7-10-13-4-5-14-10/h1-5,15H,7H2,(H,13,14). The molecule has 0 saturated heterocycles. The molecule has 0 aromatic carbocycles. The van der Waals surface area contributed by atoms with Gasteiger partial charge in [0.2, 0.25) is 0 Å². The van der Waals surface area contributed by atoms with Gasteiger partial charge in [0.1, 0.15) is 11.9 Å². The van der Waals surface area contributed by atoms with Crippen LogP contribution >= 0.6 is 0 Å². The molecule has 0 fully saturated rings. The van der Waals surface area contributed by atoms with Crippen molar-refractivity contribution >= 4 is 5.69 Å². The number of imidazole rings is 1. The molecule has 0 saturated carbocycles. The van der Waals surface area contributed by atoms with E-state index in [9.17, 15) is 0 Å². The highest BCUT2D eigenvalue weighted by molar-refractivity contribution is 5.53. The number of aromatic amines is 1. The van der Waals surface area contributed by atoms with Crippen molar-refractivity contribution in [1.29, 1.82) is 5.26 Å². The van der Waals surface area contributed by atoms with Crippen molar-refractivity contribution in [2.45, 2.75) is 6.54 Å². The van der Waals surface area contributed by atoms with Crippen LogP contribution in [-0.2, 0) is 6.54 Å². The van der Waals surface area contributed by atoms with Gasteiger partial charge in [0.25, 0.3) is 0 Å². The molecule has 0 aliphatic heterocycles. The minimum absolute atomic E-state index is 0.393. The fourth-order valence-corrected chi connectivity index (χ4v) is 1.21. The van der Waals surface area contributed by atoms with Gasteiger partial charge in [0.15, 0.2) is 5.69 Å². The third-order valence-electron chi connectivity index (χ3n) is 1.91. The van der Waals surface area contributed by atoms with Gasteiger partial charge in [0.05, 0.1) is 12.2 Å². The molecular weight excluding hydrogens is 190 g/mol. The summed E-state index contributed by atoms with van der Waals surface area (Å²) in [7, 11) is 0. The van der Waals surface area contributed by atoms with E-state index in [2.05, 4.69) is 20.3 Å². The molecule has 0 atom stereocenters. The quantitative estimate of drug-likeness (QED) is 0.780. The van der Waals surface area contributed by atoms with Crippen LogP contribution in [0.3, 0.4) is 0 Å². The van der Waals surface area contributed by atoms with Gasteiger partial charge in [-0.15, -0.1) is 0 Å². The summed E-state index contributed by atoms with van der Waals surface area (Å²) in [6.45, 7) is 0.549. The zero-order chi connectivity index (χ0) is 10.5. The highest BCUT2D eigenvalue weighted by atomic mass is 15.0. The van der Waals surface area contributed by atoms with Crippen molar-refractivity contribution in [3.8, 4) is 6.07 Å². The maximum absolute atomic E-state index is 8.80. The summed E-state index contributed by atoms with van der Waals surface area (Å²) in [6.07, 6.45) is 5.04. The first-order valence-corrected chi connectivity index (χ1v) is 4.47. The Morgan fingerprint density at radius 1 is 1.40 bits per heavy atom. The number of nitriles is 1. The number of anilines is 1. The highest BCUT2D eigenvalue weighted by Gasteiger charge is 2.01. The van der Waals surface area contributed by atoms with Gasteiger partial charge in [-0.05, 0) is 12.1 Å². The SMILES string of the molecule is N#Cc1ncccc1NCc1ncc[nH]1. The predicted molar refractivity (Wildman–Crippen MR) is 54.9 cm³/mol. The number of rotatable bonds is 3. The summed E-state index contributed by atoms with van der Waals surface area (Å²) < 4.78 is 0. The topological polar surface area (TPSA) is 77.4 Å². The summed E-state index contributed by atoms with van der Waals surface area (Å²) >= 11 is 0. The van der Waals surface area contributed by atoms with Gasteiger partial charge < -0.3 is 10.3 Å². The zero-order valence-corrected chi connectivity index (χ0v) is 7.94. The lowest BCUT2D eigenvalue weighted by Crippen LogP contribution is -2.03. The molecule has 0 spiro atoms. The van der Waals surface area contributed by atoms with Crippen LogP contribution in [0.15, 0.2) is 30.7 Å². The number of H-pyrrole nitrogens is 1. The van der Waals surface area contributed by atoms with Crippen molar-refractivity contribution in [3.05, 3.63) is 42.2 Å². The number of hydrogen-bond acceptors (Lipinski definition) is 4. The third-order valence-corrected chi connectivity index (χ3v) is 1.91. The first-order chi connectivity index (χ1) is 7.40. The Morgan fingerprint density at radius 2 is 2.33 bits per heavy atom. The van der Waals surface area contributed by atoms with E-state index >= 15 is 0 Å². The lowest BCUT2D eigenvalue weighted by molar-refractivity contribution is 0.995. The molecule has 2 N–H and O–H groups in total. The summed E-state index contributed by atoms with van der Waals surface area (Å²) in [5, 5.41) is 11.9. The van der Waals surface area contributed by atoms with E-state index in [0.29, 0.717) is 12.2 Å². The third kappa shape index (κ3) is 2.11. The summed E-state index contributed by atoms with van der Waals surface area (Å²) in [4.78, 5) is 11.0. The summed E-state index contributed by atoms with van der Waals surface area (Å²) in [6, 6.07) is 5.62. The van der Waals surface area contributed by atoms with Crippen LogP contribution in [0.25, 0.3) is 0 Å².